The Labute approximate surface area is 120 Å². The third kappa shape index (κ3) is 5.07. The van der Waals surface area contributed by atoms with Gasteiger partial charge in [0, 0.05) is 41.3 Å². The zero-order chi connectivity index (χ0) is 15.1. The van der Waals surface area contributed by atoms with Crippen LogP contribution in [0, 0.1) is 0 Å². The van der Waals surface area contributed by atoms with Gasteiger partial charge in [0.05, 0.1) is 6.54 Å². The largest absolute Gasteiger partial charge is 0.347 e. The quantitative estimate of drug-likeness (QED) is 0.542. The predicted molar refractivity (Wildman–Crippen MR) is 78.5 cm³/mol. The van der Waals surface area contributed by atoms with Crippen LogP contribution in [0.1, 0.15) is 12.8 Å². The number of carbonyl (C=O) groups excluding carboxylic acids is 2. The molecular weight excluding hydrogens is 258 g/mol. The van der Waals surface area contributed by atoms with E-state index in [9.17, 15) is 9.59 Å². The van der Waals surface area contributed by atoms with Gasteiger partial charge in [-0.05, 0) is 12.8 Å². The molecule has 1 heterocycles. The van der Waals surface area contributed by atoms with Crippen LogP contribution in [-0.4, -0.2) is 86.8 Å². The van der Waals surface area contributed by atoms with E-state index in [1.165, 1.54) is 9.80 Å². The van der Waals surface area contributed by atoms with Crippen molar-refractivity contribution >= 4 is 17.8 Å². The third-order valence-electron chi connectivity index (χ3n) is 3.17. The number of likely N-dealkylation sites (tertiary alicyclic amines) is 1. The Bertz CT molecular complexity index is 373. The minimum absolute atomic E-state index is 0.0177. The summed E-state index contributed by atoms with van der Waals surface area (Å²) in [7, 11) is 6.84. The summed E-state index contributed by atoms with van der Waals surface area (Å²) in [6.45, 7) is 2.12. The summed E-state index contributed by atoms with van der Waals surface area (Å²) >= 11 is 0. The fraction of sp³-hybridized carbons (Fsp3) is 0.769. The van der Waals surface area contributed by atoms with E-state index in [0.29, 0.717) is 5.96 Å². The molecule has 7 heteroatoms. The highest BCUT2D eigenvalue weighted by Gasteiger charge is 2.17. The molecule has 0 aromatic heterocycles. The molecule has 0 radical (unpaired) electrons. The van der Waals surface area contributed by atoms with E-state index in [0.717, 1.165) is 25.9 Å². The summed E-state index contributed by atoms with van der Waals surface area (Å²) in [4.78, 5) is 32.7. The lowest BCUT2D eigenvalue weighted by molar-refractivity contribution is -0.127. The summed E-state index contributed by atoms with van der Waals surface area (Å²) < 4.78 is 0. The monoisotopic (exact) mass is 283 g/mol. The molecule has 0 spiro atoms. The minimum atomic E-state index is -0.0533. The molecule has 0 unspecified atom stereocenters. The van der Waals surface area contributed by atoms with Crippen molar-refractivity contribution in [3.05, 3.63) is 0 Å². The fourth-order valence-electron chi connectivity index (χ4n) is 1.79. The average Bonchev–Trinajstić information content (AvgIpc) is 2.91. The first kappa shape index (κ1) is 16.3. The Balaban J connectivity index is 2.62. The lowest BCUT2D eigenvalue weighted by atomic mass is 10.4. The van der Waals surface area contributed by atoms with E-state index in [1.807, 2.05) is 0 Å². The van der Waals surface area contributed by atoms with Gasteiger partial charge >= 0.3 is 0 Å². The highest BCUT2D eigenvalue weighted by molar-refractivity contribution is 5.88. The zero-order valence-electron chi connectivity index (χ0n) is 12.8. The molecule has 0 atom stereocenters. The van der Waals surface area contributed by atoms with E-state index in [2.05, 4.69) is 15.2 Å². The number of amides is 2. The van der Waals surface area contributed by atoms with Crippen molar-refractivity contribution in [1.82, 2.24) is 20.0 Å². The molecule has 1 fully saturated rings. The second kappa shape index (κ2) is 7.72. The molecule has 0 aromatic carbocycles. The van der Waals surface area contributed by atoms with Crippen LogP contribution in [0.5, 0.6) is 0 Å². The lowest BCUT2D eigenvalue weighted by Gasteiger charge is -2.22. The summed E-state index contributed by atoms with van der Waals surface area (Å²) in [6, 6.07) is 0. The van der Waals surface area contributed by atoms with Crippen molar-refractivity contribution in [1.29, 1.82) is 0 Å². The van der Waals surface area contributed by atoms with Gasteiger partial charge < -0.3 is 20.0 Å². The van der Waals surface area contributed by atoms with E-state index in [4.69, 9.17) is 0 Å². The van der Waals surface area contributed by atoms with Gasteiger partial charge in [-0.25, -0.2) is 4.99 Å². The number of nitrogens with zero attached hydrogens (tertiary/aromatic N) is 4. The Hall–Kier alpha value is -1.79. The third-order valence-corrected chi connectivity index (χ3v) is 3.17. The van der Waals surface area contributed by atoms with Crippen molar-refractivity contribution in [2.45, 2.75) is 12.8 Å². The molecule has 20 heavy (non-hydrogen) atoms. The predicted octanol–water partition coefficient (Wildman–Crippen LogP) is -0.796. The van der Waals surface area contributed by atoms with E-state index < -0.39 is 0 Å². The molecule has 0 aliphatic carbocycles. The maximum atomic E-state index is 11.6. The number of aliphatic imine (C=N–C) groups is 1. The first-order valence-corrected chi connectivity index (χ1v) is 6.85. The summed E-state index contributed by atoms with van der Waals surface area (Å²) in [5.74, 6) is 0.575. The average molecular weight is 283 g/mol. The van der Waals surface area contributed by atoms with Gasteiger partial charge in [-0.1, -0.05) is 0 Å². The molecule has 1 saturated heterocycles. The maximum absolute atomic E-state index is 11.6. The molecule has 1 N–H and O–H groups in total. The molecule has 2 amide bonds. The Kier molecular flexibility index (Phi) is 6.27. The summed E-state index contributed by atoms with van der Waals surface area (Å²) in [5, 5.41) is 3.05. The van der Waals surface area contributed by atoms with Gasteiger partial charge in [-0.3, -0.25) is 9.59 Å². The molecule has 1 aliphatic heterocycles. The van der Waals surface area contributed by atoms with E-state index in [1.54, 1.807) is 28.2 Å². The number of nitrogens with one attached hydrogen (secondary N) is 1. The van der Waals surface area contributed by atoms with E-state index in [-0.39, 0.29) is 24.9 Å². The van der Waals surface area contributed by atoms with E-state index >= 15 is 0 Å². The Morgan fingerprint density at radius 2 is 1.60 bits per heavy atom. The second-order valence-electron chi connectivity index (χ2n) is 5.26. The highest BCUT2D eigenvalue weighted by Crippen LogP contribution is 2.07. The number of hydrogen-bond donors (Lipinski definition) is 1. The number of rotatable bonds is 4. The number of hydrogen-bond acceptors (Lipinski definition) is 3. The number of carbonyl (C=O) groups is 2. The Morgan fingerprint density at radius 3 is 2.10 bits per heavy atom. The number of likely N-dealkylation sites (N-methyl/N-ethyl adjacent to an activating group) is 2. The molecule has 7 nitrogen and oxygen atoms in total. The topological polar surface area (TPSA) is 68.2 Å². The van der Waals surface area contributed by atoms with Gasteiger partial charge in [-0.15, -0.1) is 0 Å². The van der Waals surface area contributed by atoms with Gasteiger partial charge in [-0.2, -0.15) is 0 Å². The van der Waals surface area contributed by atoms with Crippen LogP contribution in [0.25, 0.3) is 0 Å². The zero-order valence-corrected chi connectivity index (χ0v) is 12.8. The molecular formula is C13H25N5O2. The van der Waals surface area contributed by atoms with Crippen LogP contribution < -0.4 is 5.32 Å². The molecule has 0 aromatic rings. The highest BCUT2D eigenvalue weighted by atomic mass is 16.2. The maximum Gasteiger partial charge on any atom is 0.243 e. The first-order chi connectivity index (χ1) is 9.41. The van der Waals surface area contributed by atoms with Gasteiger partial charge in [0.25, 0.3) is 0 Å². The normalized spacial score (nSPS) is 15.2. The summed E-state index contributed by atoms with van der Waals surface area (Å²) in [5.41, 5.74) is 0. The van der Waals surface area contributed by atoms with Crippen LogP contribution in [0.4, 0.5) is 0 Å². The van der Waals surface area contributed by atoms with Crippen LogP contribution in [0.2, 0.25) is 0 Å². The standard InChI is InChI=1S/C13H25N5O2/c1-16(2)11(19)9-14-13(18-7-5-6-8-18)15-10-12(20)17(3)4/h5-10H2,1-4H3,(H,14,15). The van der Waals surface area contributed by atoms with Crippen LogP contribution in [0.3, 0.4) is 0 Å². The second-order valence-corrected chi connectivity index (χ2v) is 5.26. The fourth-order valence-corrected chi connectivity index (χ4v) is 1.79. The van der Waals surface area contributed by atoms with Crippen molar-refractivity contribution in [2.24, 2.45) is 4.99 Å². The van der Waals surface area contributed by atoms with Crippen molar-refractivity contribution in [3.63, 3.8) is 0 Å². The molecule has 0 bridgehead atoms. The van der Waals surface area contributed by atoms with Crippen molar-refractivity contribution < 1.29 is 9.59 Å². The van der Waals surface area contributed by atoms with Crippen LogP contribution in [-0.2, 0) is 9.59 Å². The first-order valence-electron chi connectivity index (χ1n) is 6.85. The Morgan fingerprint density at radius 1 is 1.05 bits per heavy atom. The molecule has 1 aliphatic rings. The molecule has 0 saturated carbocycles. The molecule has 114 valence electrons. The van der Waals surface area contributed by atoms with Crippen molar-refractivity contribution in [2.75, 3.05) is 54.4 Å². The van der Waals surface area contributed by atoms with Gasteiger partial charge in [0.1, 0.15) is 6.54 Å². The van der Waals surface area contributed by atoms with Crippen LogP contribution in [0.15, 0.2) is 4.99 Å². The molecule has 1 rings (SSSR count). The SMILES string of the molecule is CN(C)C(=O)CN=C(NCC(=O)N(C)C)N1CCCC1. The smallest absolute Gasteiger partial charge is 0.243 e. The van der Waals surface area contributed by atoms with Crippen LogP contribution >= 0.6 is 0 Å². The summed E-state index contributed by atoms with van der Waals surface area (Å²) in [6.07, 6.45) is 2.23. The van der Waals surface area contributed by atoms with Gasteiger partial charge in [0.15, 0.2) is 5.96 Å². The van der Waals surface area contributed by atoms with Gasteiger partial charge in [0.2, 0.25) is 11.8 Å². The lowest BCUT2D eigenvalue weighted by Crippen LogP contribution is -2.44. The minimum Gasteiger partial charge on any atom is -0.347 e. The number of guanidine groups is 1. The van der Waals surface area contributed by atoms with Crippen molar-refractivity contribution in [3.8, 4) is 0 Å².